The molecule has 0 radical (unpaired) electrons. The van der Waals surface area contributed by atoms with Gasteiger partial charge in [-0.05, 0) is 27.7 Å². The number of anilines is 1. The van der Waals surface area contributed by atoms with Crippen molar-refractivity contribution in [3.63, 3.8) is 0 Å². The molecule has 0 aromatic carbocycles. The van der Waals surface area contributed by atoms with Gasteiger partial charge in [0.25, 0.3) is 0 Å². The average Bonchev–Trinajstić information content (AvgIpc) is 2.50. The Morgan fingerprint density at radius 2 is 1.83 bits per heavy atom. The molecule has 3 rings (SSSR count). The molecule has 2 aliphatic rings. The molecule has 0 N–H and O–H groups in total. The van der Waals surface area contributed by atoms with Gasteiger partial charge < -0.3 is 14.5 Å². The lowest BCUT2D eigenvalue weighted by atomic mass is 10.0. The van der Waals surface area contributed by atoms with Crippen LogP contribution in [0.3, 0.4) is 0 Å². The number of halogens is 4. The highest BCUT2D eigenvalue weighted by atomic mass is 35.5. The van der Waals surface area contributed by atoms with E-state index in [-0.39, 0.29) is 29.1 Å². The van der Waals surface area contributed by atoms with E-state index in [4.69, 9.17) is 16.3 Å². The van der Waals surface area contributed by atoms with Crippen LogP contribution >= 0.6 is 11.6 Å². The van der Waals surface area contributed by atoms with E-state index < -0.39 is 17.6 Å². The van der Waals surface area contributed by atoms with Gasteiger partial charge in [0.15, 0.2) is 0 Å². The third-order valence-electron chi connectivity index (χ3n) is 4.92. The molecule has 1 atom stereocenters. The lowest BCUT2D eigenvalue weighted by Crippen LogP contribution is -2.65. The van der Waals surface area contributed by atoms with Gasteiger partial charge in [-0.3, -0.25) is 4.90 Å². The Morgan fingerprint density at radius 3 is 2.38 bits per heavy atom. The molecule has 2 aliphatic heterocycles. The van der Waals surface area contributed by atoms with Gasteiger partial charge in [0.1, 0.15) is 16.6 Å². The van der Waals surface area contributed by atoms with Gasteiger partial charge in [-0.1, -0.05) is 11.6 Å². The normalized spacial score (nSPS) is 21.9. The van der Waals surface area contributed by atoms with E-state index in [9.17, 15) is 18.0 Å². The molecule has 0 spiro atoms. The largest absolute Gasteiger partial charge is 0.451 e. The average molecular weight is 436 g/mol. The van der Waals surface area contributed by atoms with Crippen molar-refractivity contribution in [2.24, 2.45) is 0 Å². The van der Waals surface area contributed by atoms with Gasteiger partial charge in [-0.2, -0.15) is 13.2 Å². The Bertz CT molecular complexity index is 765. The third kappa shape index (κ3) is 5.22. The quantitative estimate of drug-likeness (QED) is 0.664. The number of ether oxygens (including phenoxy) is 1. The molecule has 2 saturated heterocycles. The fraction of sp³-hybridized carbons (Fsp3) is 0.722. The van der Waals surface area contributed by atoms with Crippen LogP contribution in [0, 0.1) is 0 Å². The van der Waals surface area contributed by atoms with E-state index in [1.807, 2.05) is 27.7 Å². The zero-order valence-corrected chi connectivity index (χ0v) is 17.6. The van der Waals surface area contributed by atoms with Crippen LogP contribution in [0.15, 0.2) is 6.07 Å². The Labute approximate surface area is 172 Å². The van der Waals surface area contributed by atoms with Crippen molar-refractivity contribution in [1.29, 1.82) is 0 Å². The molecular weight excluding hydrogens is 411 g/mol. The predicted octanol–water partition coefficient (Wildman–Crippen LogP) is 3.28. The van der Waals surface area contributed by atoms with Crippen LogP contribution in [-0.4, -0.2) is 76.3 Å². The molecule has 0 bridgehead atoms. The number of hydrogen-bond donors (Lipinski definition) is 0. The summed E-state index contributed by atoms with van der Waals surface area (Å²) in [6.45, 7) is 10.5. The predicted molar refractivity (Wildman–Crippen MR) is 102 cm³/mol. The maximum absolute atomic E-state index is 12.9. The molecule has 1 aromatic heterocycles. The minimum atomic E-state index is -4.64. The number of rotatable bonds is 2. The molecule has 0 aliphatic carbocycles. The summed E-state index contributed by atoms with van der Waals surface area (Å²) in [5.41, 5.74) is -0.545. The monoisotopic (exact) mass is 435 g/mol. The lowest BCUT2D eigenvalue weighted by Gasteiger charge is -2.50. The fourth-order valence-corrected chi connectivity index (χ4v) is 3.65. The molecule has 1 amide bonds. The van der Waals surface area contributed by atoms with Crippen LogP contribution in [0.2, 0.25) is 5.15 Å². The van der Waals surface area contributed by atoms with Crippen molar-refractivity contribution >= 4 is 23.5 Å². The fourth-order valence-electron chi connectivity index (χ4n) is 3.48. The Morgan fingerprint density at radius 1 is 1.17 bits per heavy atom. The number of amides is 1. The summed E-state index contributed by atoms with van der Waals surface area (Å²) in [5.74, 6) is -1.06. The Balaban J connectivity index is 1.56. The van der Waals surface area contributed by atoms with Gasteiger partial charge in [0, 0.05) is 50.9 Å². The van der Waals surface area contributed by atoms with Crippen LogP contribution in [0.25, 0.3) is 0 Å². The van der Waals surface area contributed by atoms with Crippen LogP contribution in [0.5, 0.6) is 0 Å². The molecule has 3 heterocycles. The first kappa shape index (κ1) is 21.9. The van der Waals surface area contributed by atoms with E-state index in [0.29, 0.717) is 32.7 Å². The number of carbonyl (C=O) groups is 1. The molecule has 0 saturated carbocycles. The highest BCUT2D eigenvalue weighted by molar-refractivity contribution is 6.29. The van der Waals surface area contributed by atoms with Crippen molar-refractivity contribution < 1.29 is 22.7 Å². The second kappa shape index (κ2) is 7.79. The van der Waals surface area contributed by atoms with E-state index in [1.165, 1.54) is 6.07 Å². The standard InChI is InChI=1S/C18H25ClF3N5O2/c1-11-8-25(5-6-27(11)16(28)29-17(2,3)4)12-9-26(10-12)14-7-13(19)23-15(24-14)18(20,21)22/h7,11-12H,5-6,8-10H2,1-4H3/t11-/m1/s1. The summed E-state index contributed by atoms with van der Waals surface area (Å²) < 4.78 is 44.1. The van der Waals surface area contributed by atoms with Gasteiger partial charge in [-0.15, -0.1) is 0 Å². The molecule has 7 nitrogen and oxygen atoms in total. The minimum Gasteiger partial charge on any atom is -0.444 e. The van der Waals surface area contributed by atoms with Crippen molar-refractivity contribution in [2.45, 2.75) is 51.6 Å². The zero-order valence-electron chi connectivity index (χ0n) is 16.8. The van der Waals surface area contributed by atoms with Crippen LogP contribution in [0.4, 0.5) is 23.8 Å². The van der Waals surface area contributed by atoms with Crippen molar-refractivity contribution in [2.75, 3.05) is 37.6 Å². The van der Waals surface area contributed by atoms with Crippen LogP contribution in [0.1, 0.15) is 33.5 Å². The molecule has 0 unspecified atom stereocenters. The summed E-state index contributed by atoms with van der Waals surface area (Å²) in [7, 11) is 0. The van der Waals surface area contributed by atoms with Crippen molar-refractivity contribution in [3.05, 3.63) is 17.0 Å². The summed E-state index contributed by atoms with van der Waals surface area (Å²) in [6, 6.07) is 1.51. The first-order valence-corrected chi connectivity index (χ1v) is 9.81. The lowest BCUT2D eigenvalue weighted by molar-refractivity contribution is -0.144. The van der Waals surface area contributed by atoms with Crippen LogP contribution in [-0.2, 0) is 10.9 Å². The Hall–Kier alpha value is -1.81. The Kier molecular flexibility index (Phi) is 5.88. The summed E-state index contributed by atoms with van der Waals surface area (Å²) in [5, 5.41) is -0.231. The topological polar surface area (TPSA) is 61.8 Å². The molecule has 2 fully saturated rings. The maximum Gasteiger partial charge on any atom is 0.451 e. The number of aromatic nitrogens is 2. The summed E-state index contributed by atoms with van der Waals surface area (Å²) in [6.07, 6.45) is -4.97. The van der Waals surface area contributed by atoms with Gasteiger partial charge in [0.05, 0.1) is 0 Å². The van der Waals surface area contributed by atoms with E-state index in [2.05, 4.69) is 14.9 Å². The molecule has 29 heavy (non-hydrogen) atoms. The third-order valence-corrected chi connectivity index (χ3v) is 5.12. The van der Waals surface area contributed by atoms with E-state index in [1.54, 1.807) is 9.80 Å². The summed E-state index contributed by atoms with van der Waals surface area (Å²) >= 11 is 5.74. The molecular formula is C18H25ClF3N5O2. The molecule has 1 aromatic rings. The maximum atomic E-state index is 12.9. The number of hydrogen-bond acceptors (Lipinski definition) is 6. The smallest absolute Gasteiger partial charge is 0.444 e. The number of piperazine rings is 1. The van der Waals surface area contributed by atoms with Gasteiger partial charge in [-0.25, -0.2) is 14.8 Å². The van der Waals surface area contributed by atoms with E-state index in [0.717, 1.165) is 0 Å². The van der Waals surface area contributed by atoms with E-state index >= 15 is 0 Å². The molecule has 162 valence electrons. The van der Waals surface area contributed by atoms with Crippen molar-refractivity contribution in [1.82, 2.24) is 19.8 Å². The first-order chi connectivity index (χ1) is 13.3. The van der Waals surface area contributed by atoms with Crippen LogP contribution < -0.4 is 4.90 Å². The highest BCUT2D eigenvalue weighted by Crippen LogP contribution is 2.31. The number of nitrogens with zero attached hydrogens (tertiary/aromatic N) is 5. The van der Waals surface area contributed by atoms with Crippen molar-refractivity contribution in [3.8, 4) is 0 Å². The minimum absolute atomic E-state index is 0.0158. The number of alkyl halides is 3. The van der Waals surface area contributed by atoms with Gasteiger partial charge >= 0.3 is 12.3 Å². The molecule has 11 heteroatoms. The zero-order chi connectivity index (χ0) is 21.6. The SMILES string of the molecule is C[C@@H]1CN(C2CN(c3cc(Cl)nc(C(F)(F)F)n3)C2)CCN1C(=O)OC(C)(C)C. The second-order valence-corrected chi connectivity index (χ2v) is 8.83. The highest BCUT2D eigenvalue weighted by Gasteiger charge is 2.40. The van der Waals surface area contributed by atoms with Gasteiger partial charge in [0.2, 0.25) is 5.82 Å². The number of carbonyl (C=O) groups excluding carboxylic acids is 1. The second-order valence-electron chi connectivity index (χ2n) is 8.45. The summed E-state index contributed by atoms with van der Waals surface area (Å²) in [4.78, 5) is 24.9. The first-order valence-electron chi connectivity index (χ1n) is 9.44.